The van der Waals surface area contributed by atoms with Crippen molar-refractivity contribution >= 4 is 5.97 Å². The largest absolute Gasteiger partial charge is 0.459 e. The molecule has 1 saturated heterocycles. The number of nitrogens with zero attached hydrogens (tertiary/aromatic N) is 3. The highest BCUT2D eigenvalue weighted by Crippen LogP contribution is 2.25. The first kappa shape index (κ1) is 13.8. The van der Waals surface area contributed by atoms with Crippen molar-refractivity contribution in [2.24, 2.45) is 0 Å². The minimum Gasteiger partial charge on any atom is -0.459 e. The minimum atomic E-state index is -0.335. The molecular weight excluding hydrogens is 270 g/mol. The van der Waals surface area contributed by atoms with E-state index in [1.54, 1.807) is 29.4 Å². The molecule has 1 atom stereocenters. The number of hydrogen-bond donors (Lipinski definition) is 0. The van der Waals surface area contributed by atoms with Gasteiger partial charge in [0.2, 0.25) is 0 Å². The Labute approximate surface area is 122 Å². The standard InChI is InChI=1S/C15H17N3O3/c1-15(7-2-8-21-15)9-20-14(19)12-3-5-13(6-4-12)18-10-16-17-11-18/h3-6,10-11H,2,7-9H2,1H3. The summed E-state index contributed by atoms with van der Waals surface area (Å²) < 4.78 is 12.7. The number of hydrogen-bond acceptors (Lipinski definition) is 5. The Kier molecular flexibility index (Phi) is 3.70. The van der Waals surface area contributed by atoms with Crippen molar-refractivity contribution in [3.05, 3.63) is 42.5 Å². The average molecular weight is 287 g/mol. The van der Waals surface area contributed by atoms with Gasteiger partial charge in [-0.2, -0.15) is 0 Å². The van der Waals surface area contributed by atoms with E-state index in [1.165, 1.54) is 0 Å². The monoisotopic (exact) mass is 287 g/mol. The molecule has 0 saturated carbocycles. The molecule has 1 unspecified atom stereocenters. The number of esters is 1. The highest BCUT2D eigenvalue weighted by atomic mass is 16.6. The van der Waals surface area contributed by atoms with E-state index >= 15 is 0 Å². The molecule has 0 aliphatic carbocycles. The van der Waals surface area contributed by atoms with E-state index in [9.17, 15) is 4.79 Å². The van der Waals surface area contributed by atoms with Crippen molar-refractivity contribution in [3.63, 3.8) is 0 Å². The number of rotatable bonds is 4. The lowest BCUT2D eigenvalue weighted by Gasteiger charge is -2.22. The van der Waals surface area contributed by atoms with Crippen molar-refractivity contribution in [2.45, 2.75) is 25.4 Å². The molecule has 1 aliphatic heterocycles. The van der Waals surface area contributed by atoms with Gasteiger partial charge in [0.1, 0.15) is 19.3 Å². The molecule has 0 amide bonds. The van der Waals surface area contributed by atoms with E-state index in [0.717, 1.165) is 25.1 Å². The van der Waals surface area contributed by atoms with Crippen molar-refractivity contribution in [1.29, 1.82) is 0 Å². The first-order valence-electron chi connectivity index (χ1n) is 6.92. The average Bonchev–Trinajstić information content (AvgIpc) is 3.17. The third-order valence-corrected chi connectivity index (χ3v) is 3.63. The molecule has 21 heavy (non-hydrogen) atoms. The molecule has 110 valence electrons. The quantitative estimate of drug-likeness (QED) is 0.805. The van der Waals surface area contributed by atoms with Gasteiger partial charge in [-0.25, -0.2) is 4.79 Å². The third-order valence-electron chi connectivity index (χ3n) is 3.63. The van der Waals surface area contributed by atoms with Crippen LogP contribution in [0.2, 0.25) is 0 Å². The second-order valence-electron chi connectivity index (χ2n) is 5.39. The Morgan fingerprint density at radius 1 is 1.33 bits per heavy atom. The molecule has 0 radical (unpaired) electrons. The summed E-state index contributed by atoms with van der Waals surface area (Å²) in [5.74, 6) is -0.331. The summed E-state index contributed by atoms with van der Waals surface area (Å²) in [6.45, 7) is 3.00. The van der Waals surface area contributed by atoms with Crippen LogP contribution in [0.25, 0.3) is 5.69 Å². The van der Waals surface area contributed by atoms with Crippen LogP contribution in [0.5, 0.6) is 0 Å². The van der Waals surface area contributed by atoms with Crippen LogP contribution in [0.15, 0.2) is 36.9 Å². The van der Waals surface area contributed by atoms with Gasteiger partial charge >= 0.3 is 5.97 Å². The summed E-state index contributed by atoms with van der Waals surface area (Å²) >= 11 is 0. The fourth-order valence-electron chi connectivity index (χ4n) is 2.36. The number of ether oxygens (including phenoxy) is 2. The molecule has 0 bridgehead atoms. The van der Waals surface area contributed by atoms with E-state index in [1.807, 2.05) is 19.1 Å². The minimum absolute atomic E-state index is 0.291. The maximum atomic E-state index is 12.0. The molecular formula is C15H17N3O3. The lowest BCUT2D eigenvalue weighted by Crippen LogP contribution is -2.31. The second kappa shape index (κ2) is 5.65. The Bertz CT molecular complexity index is 602. The van der Waals surface area contributed by atoms with Crippen molar-refractivity contribution < 1.29 is 14.3 Å². The van der Waals surface area contributed by atoms with Gasteiger partial charge in [-0.1, -0.05) is 0 Å². The maximum absolute atomic E-state index is 12.0. The molecule has 6 heteroatoms. The fourth-order valence-corrected chi connectivity index (χ4v) is 2.36. The Morgan fingerprint density at radius 3 is 2.67 bits per heavy atom. The molecule has 0 N–H and O–H groups in total. The van der Waals surface area contributed by atoms with Crippen LogP contribution in [0.3, 0.4) is 0 Å². The molecule has 3 rings (SSSR count). The third kappa shape index (κ3) is 3.11. The Hall–Kier alpha value is -2.21. The molecule has 2 aromatic rings. The van der Waals surface area contributed by atoms with Crippen LogP contribution in [0, 0.1) is 0 Å². The van der Waals surface area contributed by atoms with Gasteiger partial charge in [-0.15, -0.1) is 10.2 Å². The summed E-state index contributed by atoms with van der Waals surface area (Å²) in [4.78, 5) is 12.0. The first-order chi connectivity index (χ1) is 10.2. The van der Waals surface area contributed by atoms with Crippen LogP contribution in [-0.2, 0) is 9.47 Å². The Morgan fingerprint density at radius 2 is 2.05 bits per heavy atom. The topological polar surface area (TPSA) is 66.2 Å². The van der Waals surface area contributed by atoms with Gasteiger partial charge in [0, 0.05) is 12.3 Å². The van der Waals surface area contributed by atoms with E-state index in [2.05, 4.69) is 10.2 Å². The zero-order chi connectivity index (χ0) is 14.7. The van der Waals surface area contributed by atoms with Crippen molar-refractivity contribution in [3.8, 4) is 5.69 Å². The smallest absolute Gasteiger partial charge is 0.338 e. The number of aromatic nitrogens is 3. The molecule has 1 aromatic heterocycles. The maximum Gasteiger partial charge on any atom is 0.338 e. The predicted octanol–water partition coefficient (Wildman–Crippen LogP) is 1.99. The van der Waals surface area contributed by atoms with Crippen molar-refractivity contribution in [1.82, 2.24) is 14.8 Å². The van der Waals surface area contributed by atoms with Gasteiger partial charge in [-0.3, -0.25) is 4.57 Å². The second-order valence-corrected chi connectivity index (χ2v) is 5.39. The lowest BCUT2D eigenvalue weighted by atomic mass is 10.0. The van der Waals surface area contributed by atoms with Crippen LogP contribution in [0.1, 0.15) is 30.1 Å². The van der Waals surface area contributed by atoms with Crippen LogP contribution >= 0.6 is 0 Å². The van der Waals surface area contributed by atoms with E-state index < -0.39 is 0 Å². The predicted molar refractivity (Wildman–Crippen MR) is 75.2 cm³/mol. The summed E-state index contributed by atoms with van der Waals surface area (Å²) in [6, 6.07) is 7.12. The van der Waals surface area contributed by atoms with Crippen LogP contribution in [-0.4, -0.2) is 39.5 Å². The van der Waals surface area contributed by atoms with Gasteiger partial charge < -0.3 is 9.47 Å². The van der Waals surface area contributed by atoms with Gasteiger partial charge in [-0.05, 0) is 44.0 Å². The van der Waals surface area contributed by atoms with E-state index in [4.69, 9.17) is 9.47 Å². The lowest BCUT2D eigenvalue weighted by molar-refractivity contribution is -0.0378. The number of carbonyl (C=O) groups is 1. The normalized spacial score (nSPS) is 21.4. The molecule has 0 spiro atoms. The van der Waals surface area contributed by atoms with Gasteiger partial charge in [0.25, 0.3) is 0 Å². The zero-order valence-electron chi connectivity index (χ0n) is 11.9. The summed E-state index contributed by atoms with van der Waals surface area (Å²) in [6.07, 6.45) is 5.14. The molecule has 1 aromatic carbocycles. The van der Waals surface area contributed by atoms with E-state index in [-0.39, 0.29) is 11.6 Å². The number of carbonyl (C=O) groups excluding carboxylic acids is 1. The zero-order valence-corrected chi connectivity index (χ0v) is 11.9. The SMILES string of the molecule is CC1(COC(=O)c2ccc(-n3cnnc3)cc2)CCCO1. The van der Waals surface area contributed by atoms with E-state index in [0.29, 0.717) is 12.2 Å². The molecule has 1 fully saturated rings. The summed E-state index contributed by atoms with van der Waals surface area (Å²) in [7, 11) is 0. The van der Waals surface area contributed by atoms with Gasteiger partial charge in [0.15, 0.2) is 0 Å². The molecule has 6 nitrogen and oxygen atoms in total. The highest BCUT2D eigenvalue weighted by molar-refractivity contribution is 5.89. The van der Waals surface area contributed by atoms with Crippen LogP contribution in [0.4, 0.5) is 0 Å². The summed E-state index contributed by atoms with van der Waals surface area (Å²) in [5.41, 5.74) is 1.08. The van der Waals surface area contributed by atoms with Crippen LogP contribution < -0.4 is 0 Å². The van der Waals surface area contributed by atoms with Gasteiger partial charge in [0.05, 0.1) is 11.2 Å². The highest BCUT2D eigenvalue weighted by Gasteiger charge is 2.31. The van der Waals surface area contributed by atoms with Crippen molar-refractivity contribution in [2.75, 3.05) is 13.2 Å². The fraction of sp³-hybridized carbons (Fsp3) is 0.400. The summed E-state index contributed by atoms with van der Waals surface area (Å²) in [5, 5.41) is 7.49. The molecule has 2 heterocycles. The first-order valence-corrected chi connectivity index (χ1v) is 6.92. The Balaban J connectivity index is 1.62. The number of benzene rings is 1. The molecule has 1 aliphatic rings.